The third kappa shape index (κ3) is 1.49. The lowest BCUT2D eigenvalue weighted by molar-refractivity contribution is -0.156. The molecule has 1 saturated heterocycles. The van der Waals surface area contributed by atoms with E-state index in [4.69, 9.17) is 10.2 Å². The van der Waals surface area contributed by atoms with Gasteiger partial charge in [-0.1, -0.05) is 0 Å². The molecule has 7 heteroatoms. The van der Waals surface area contributed by atoms with Crippen molar-refractivity contribution >= 4 is 19.6 Å². The lowest BCUT2D eigenvalue weighted by atomic mass is 10.2. The summed E-state index contributed by atoms with van der Waals surface area (Å²) >= 11 is 0. The van der Waals surface area contributed by atoms with Crippen LogP contribution >= 0.6 is 0 Å². The Labute approximate surface area is 62.0 Å². The topological polar surface area (TPSA) is 93.1 Å². The maximum absolute atomic E-state index is 10.2. The van der Waals surface area contributed by atoms with E-state index in [9.17, 15) is 9.59 Å². The summed E-state index contributed by atoms with van der Waals surface area (Å²) in [5.41, 5.74) is 0. The largest absolute Gasteiger partial charge is 0.479 e. The molecule has 1 rings (SSSR count). The van der Waals surface area contributed by atoms with Gasteiger partial charge in [-0.3, -0.25) is 0 Å². The van der Waals surface area contributed by atoms with E-state index in [2.05, 4.69) is 9.31 Å². The van der Waals surface area contributed by atoms with Crippen molar-refractivity contribution in [3.05, 3.63) is 0 Å². The van der Waals surface area contributed by atoms with Gasteiger partial charge < -0.3 is 19.5 Å². The molecule has 0 radical (unpaired) electrons. The van der Waals surface area contributed by atoms with E-state index >= 15 is 0 Å². The molecule has 2 atom stereocenters. The summed E-state index contributed by atoms with van der Waals surface area (Å²) in [5, 5.41) is 16.7. The zero-order chi connectivity index (χ0) is 8.43. The molecule has 0 bridgehead atoms. The molecule has 1 fully saturated rings. The van der Waals surface area contributed by atoms with Gasteiger partial charge in [-0.05, 0) is 0 Å². The van der Waals surface area contributed by atoms with Crippen LogP contribution in [0.1, 0.15) is 0 Å². The molecule has 1 aliphatic heterocycles. The van der Waals surface area contributed by atoms with Crippen molar-refractivity contribution in [1.82, 2.24) is 0 Å². The van der Waals surface area contributed by atoms with Gasteiger partial charge in [0, 0.05) is 0 Å². The first-order valence-corrected chi connectivity index (χ1v) is 2.81. The molecule has 0 saturated carbocycles. The predicted octanol–water partition coefficient (Wildman–Crippen LogP) is -1.79. The Bertz CT molecular complexity index is 171. The van der Waals surface area contributed by atoms with Crippen molar-refractivity contribution < 1.29 is 29.1 Å². The van der Waals surface area contributed by atoms with Gasteiger partial charge in [0.05, 0.1) is 0 Å². The monoisotopic (exact) mass is 160 g/mol. The van der Waals surface area contributed by atoms with Crippen molar-refractivity contribution in [2.24, 2.45) is 0 Å². The standard InChI is InChI=1S/C4H5BO6/c6-3(7)1-2(4(8)9)11-5-10-1/h1-2,5H,(H,6,7)(H,8,9)/t1-,2-/m0/s1. The maximum Gasteiger partial charge on any atom is 0.439 e. The van der Waals surface area contributed by atoms with Gasteiger partial charge in [0.1, 0.15) is 0 Å². The Kier molecular flexibility index (Phi) is 2.11. The maximum atomic E-state index is 10.2. The summed E-state index contributed by atoms with van der Waals surface area (Å²) in [6.45, 7) is 0. The van der Waals surface area contributed by atoms with E-state index in [1.54, 1.807) is 0 Å². The molecule has 0 aliphatic carbocycles. The highest BCUT2D eigenvalue weighted by Crippen LogP contribution is 2.11. The van der Waals surface area contributed by atoms with Crippen LogP contribution in [0.3, 0.4) is 0 Å². The average molecular weight is 160 g/mol. The highest BCUT2D eigenvalue weighted by atomic mass is 16.7. The van der Waals surface area contributed by atoms with Crippen LogP contribution in [0.15, 0.2) is 0 Å². The quantitative estimate of drug-likeness (QED) is 0.463. The van der Waals surface area contributed by atoms with Crippen molar-refractivity contribution in [3.63, 3.8) is 0 Å². The molecular formula is C4H5BO6. The highest BCUT2D eigenvalue weighted by molar-refractivity contribution is 6.21. The average Bonchev–Trinajstić information content (AvgIpc) is 2.32. The Morgan fingerprint density at radius 1 is 1.09 bits per heavy atom. The van der Waals surface area contributed by atoms with Crippen LogP contribution in [-0.4, -0.2) is 42.0 Å². The normalized spacial score (nSPS) is 29.5. The number of aliphatic carboxylic acids is 2. The fraction of sp³-hybridized carbons (Fsp3) is 0.500. The third-order valence-corrected chi connectivity index (χ3v) is 1.26. The molecule has 1 heterocycles. The minimum absolute atomic E-state index is 0.284. The van der Waals surface area contributed by atoms with Crippen LogP contribution < -0.4 is 0 Å². The fourth-order valence-corrected chi connectivity index (χ4v) is 0.762. The molecule has 0 spiro atoms. The van der Waals surface area contributed by atoms with Gasteiger partial charge in [0.25, 0.3) is 0 Å². The molecular weight excluding hydrogens is 155 g/mol. The van der Waals surface area contributed by atoms with Crippen LogP contribution in [-0.2, 0) is 18.9 Å². The summed E-state index contributed by atoms with van der Waals surface area (Å²) in [5.74, 6) is -2.65. The molecule has 0 aromatic carbocycles. The van der Waals surface area contributed by atoms with Crippen molar-refractivity contribution in [3.8, 4) is 0 Å². The molecule has 0 aromatic heterocycles. The molecule has 0 aromatic rings. The van der Waals surface area contributed by atoms with E-state index < -0.39 is 24.1 Å². The van der Waals surface area contributed by atoms with Gasteiger partial charge >= 0.3 is 19.6 Å². The van der Waals surface area contributed by atoms with Crippen LogP contribution in [0.2, 0.25) is 0 Å². The first-order valence-electron chi connectivity index (χ1n) is 2.81. The van der Waals surface area contributed by atoms with Crippen molar-refractivity contribution in [2.45, 2.75) is 12.2 Å². The van der Waals surface area contributed by atoms with Gasteiger partial charge in [-0.15, -0.1) is 0 Å². The van der Waals surface area contributed by atoms with Crippen LogP contribution in [0.5, 0.6) is 0 Å². The summed E-state index contributed by atoms with van der Waals surface area (Å²) in [4.78, 5) is 20.5. The number of hydrogen-bond acceptors (Lipinski definition) is 4. The smallest absolute Gasteiger partial charge is 0.439 e. The second-order valence-electron chi connectivity index (χ2n) is 1.97. The van der Waals surface area contributed by atoms with E-state index in [1.165, 1.54) is 0 Å². The second kappa shape index (κ2) is 2.89. The minimum Gasteiger partial charge on any atom is -0.479 e. The zero-order valence-electron chi connectivity index (χ0n) is 5.39. The third-order valence-electron chi connectivity index (χ3n) is 1.26. The summed E-state index contributed by atoms with van der Waals surface area (Å²) in [7, 11) is -0.284. The molecule has 6 nitrogen and oxygen atoms in total. The summed E-state index contributed by atoms with van der Waals surface area (Å²) < 4.78 is 8.97. The molecule has 2 N–H and O–H groups in total. The number of carboxylic acid groups (broad SMARTS) is 2. The van der Waals surface area contributed by atoms with Crippen LogP contribution in [0.25, 0.3) is 0 Å². The number of carboxylic acids is 2. The van der Waals surface area contributed by atoms with Crippen LogP contribution in [0.4, 0.5) is 0 Å². The first-order chi connectivity index (χ1) is 5.13. The summed E-state index contributed by atoms with van der Waals surface area (Å²) in [6, 6.07) is 0. The first kappa shape index (κ1) is 8.03. The van der Waals surface area contributed by atoms with Gasteiger partial charge in [0.15, 0.2) is 12.2 Å². The zero-order valence-corrected chi connectivity index (χ0v) is 5.39. The molecule has 60 valence electrons. The minimum atomic E-state index is -1.38. The van der Waals surface area contributed by atoms with Gasteiger partial charge in [0.2, 0.25) is 0 Å². The molecule has 0 unspecified atom stereocenters. The summed E-state index contributed by atoms with van der Waals surface area (Å²) in [6.07, 6.45) is -2.76. The molecule has 11 heavy (non-hydrogen) atoms. The molecule has 1 aliphatic rings. The van der Waals surface area contributed by atoms with Crippen LogP contribution in [0, 0.1) is 0 Å². The molecule has 0 amide bonds. The lowest BCUT2D eigenvalue weighted by Gasteiger charge is -2.08. The van der Waals surface area contributed by atoms with E-state index in [0.717, 1.165) is 0 Å². The van der Waals surface area contributed by atoms with E-state index in [1.807, 2.05) is 0 Å². The van der Waals surface area contributed by atoms with E-state index in [0.29, 0.717) is 0 Å². The van der Waals surface area contributed by atoms with Crippen molar-refractivity contribution in [2.75, 3.05) is 0 Å². The van der Waals surface area contributed by atoms with Gasteiger partial charge in [-0.25, -0.2) is 9.59 Å². The van der Waals surface area contributed by atoms with E-state index in [-0.39, 0.29) is 7.69 Å². The number of rotatable bonds is 2. The number of hydrogen-bond donors (Lipinski definition) is 2. The fourth-order valence-electron chi connectivity index (χ4n) is 0.762. The second-order valence-corrected chi connectivity index (χ2v) is 1.97. The Hall–Kier alpha value is -1.08. The Morgan fingerprint density at radius 2 is 1.45 bits per heavy atom. The SMILES string of the molecule is O=C(O)[C@H]1OBO[C@@H]1C(=O)O. The predicted molar refractivity (Wildman–Crippen MR) is 32.2 cm³/mol. The Balaban J connectivity index is 2.65. The lowest BCUT2D eigenvalue weighted by Crippen LogP contribution is -2.36. The number of carbonyl (C=O) groups is 2. The van der Waals surface area contributed by atoms with Crippen molar-refractivity contribution in [1.29, 1.82) is 0 Å². The Morgan fingerprint density at radius 3 is 1.73 bits per heavy atom. The van der Waals surface area contributed by atoms with Gasteiger partial charge in [-0.2, -0.15) is 0 Å². The highest BCUT2D eigenvalue weighted by Gasteiger charge is 2.40.